The number of nitrogens with zero attached hydrogens (tertiary/aromatic N) is 3. The third-order valence-electron chi connectivity index (χ3n) is 3.14. The van der Waals surface area contributed by atoms with Crippen molar-refractivity contribution in [3.8, 4) is 0 Å². The summed E-state index contributed by atoms with van der Waals surface area (Å²) in [5, 5.41) is 13.0. The van der Waals surface area contributed by atoms with E-state index in [2.05, 4.69) is 20.2 Å². The van der Waals surface area contributed by atoms with Gasteiger partial charge in [-0.2, -0.15) is 4.98 Å². The highest BCUT2D eigenvalue weighted by Crippen LogP contribution is 2.24. The summed E-state index contributed by atoms with van der Waals surface area (Å²) in [5.41, 5.74) is -0.520. The number of rotatable bonds is 3. The Morgan fingerprint density at radius 1 is 1.47 bits per heavy atom. The Kier molecular flexibility index (Phi) is 3.47. The van der Waals surface area contributed by atoms with Gasteiger partial charge in [-0.05, 0) is 32.8 Å². The Balaban J connectivity index is 2.05. The molecule has 0 bridgehead atoms. The zero-order valence-electron chi connectivity index (χ0n) is 10.5. The molecule has 0 saturated carbocycles. The largest absolute Gasteiger partial charge is 0.390 e. The number of hydrogen-bond acceptors (Lipinski definition) is 5. The Bertz CT molecular complexity index is 371. The number of hydrogen-bond donors (Lipinski definition) is 2. The fourth-order valence-electron chi connectivity index (χ4n) is 1.99. The lowest BCUT2D eigenvalue weighted by Gasteiger charge is -2.36. The molecular formula is C12H20N4O. The molecule has 0 aromatic carbocycles. The van der Waals surface area contributed by atoms with Gasteiger partial charge in [0.25, 0.3) is 0 Å². The lowest BCUT2D eigenvalue weighted by Crippen LogP contribution is -2.42. The van der Waals surface area contributed by atoms with Crippen molar-refractivity contribution in [1.82, 2.24) is 9.97 Å². The summed E-state index contributed by atoms with van der Waals surface area (Å²) in [6.07, 6.45) is 3.34. The molecule has 2 rings (SSSR count). The van der Waals surface area contributed by atoms with E-state index in [4.69, 9.17) is 0 Å². The minimum absolute atomic E-state index is 0.520. The van der Waals surface area contributed by atoms with Crippen LogP contribution in [-0.2, 0) is 0 Å². The predicted octanol–water partition coefficient (Wildman–Crippen LogP) is 1.26. The van der Waals surface area contributed by atoms with Crippen LogP contribution in [0.4, 0.5) is 11.8 Å². The van der Waals surface area contributed by atoms with Crippen molar-refractivity contribution in [3.05, 3.63) is 12.3 Å². The van der Waals surface area contributed by atoms with Crippen LogP contribution in [0.5, 0.6) is 0 Å². The van der Waals surface area contributed by atoms with Crippen LogP contribution in [0.15, 0.2) is 12.3 Å². The molecule has 0 amide bonds. The molecule has 1 saturated heterocycles. The second kappa shape index (κ2) is 4.87. The van der Waals surface area contributed by atoms with E-state index in [-0.39, 0.29) is 0 Å². The zero-order chi connectivity index (χ0) is 12.3. The smallest absolute Gasteiger partial charge is 0.224 e. The molecule has 1 aromatic rings. The molecule has 1 aliphatic heterocycles. The van der Waals surface area contributed by atoms with Crippen molar-refractivity contribution in [1.29, 1.82) is 0 Å². The van der Waals surface area contributed by atoms with E-state index in [1.165, 1.54) is 0 Å². The number of aliphatic hydroxyl groups is 1. The molecule has 0 unspecified atom stereocenters. The quantitative estimate of drug-likeness (QED) is 0.827. The SMILES string of the molecule is CCNc1nccc(N2CCC(C)(O)CC2)n1. The fourth-order valence-corrected chi connectivity index (χ4v) is 1.99. The lowest BCUT2D eigenvalue weighted by atomic mass is 9.94. The van der Waals surface area contributed by atoms with Crippen molar-refractivity contribution in [2.24, 2.45) is 0 Å². The van der Waals surface area contributed by atoms with Gasteiger partial charge in [0.15, 0.2) is 0 Å². The first-order chi connectivity index (χ1) is 8.11. The minimum Gasteiger partial charge on any atom is -0.390 e. The van der Waals surface area contributed by atoms with Gasteiger partial charge in [-0.1, -0.05) is 0 Å². The van der Waals surface area contributed by atoms with Crippen LogP contribution < -0.4 is 10.2 Å². The summed E-state index contributed by atoms with van der Waals surface area (Å²) in [6, 6.07) is 1.92. The van der Waals surface area contributed by atoms with E-state index in [0.29, 0.717) is 5.95 Å². The molecule has 2 heterocycles. The van der Waals surface area contributed by atoms with E-state index >= 15 is 0 Å². The lowest BCUT2D eigenvalue weighted by molar-refractivity contribution is 0.0350. The maximum Gasteiger partial charge on any atom is 0.224 e. The standard InChI is InChI=1S/C12H20N4O/c1-3-13-11-14-7-4-10(15-11)16-8-5-12(2,17)6-9-16/h4,7,17H,3,5-6,8-9H2,1-2H3,(H,13,14,15). The van der Waals surface area contributed by atoms with Crippen LogP contribution in [0.3, 0.4) is 0 Å². The van der Waals surface area contributed by atoms with Gasteiger partial charge in [0.05, 0.1) is 5.60 Å². The van der Waals surface area contributed by atoms with Crippen molar-refractivity contribution in [2.45, 2.75) is 32.3 Å². The van der Waals surface area contributed by atoms with E-state index in [9.17, 15) is 5.11 Å². The molecular weight excluding hydrogens is 216 g/mol. The molecule has 5 heteroatoms. The van der Waals surface area contributed by atoms with E-state index in [0.717, 1.165) is 38.3 Å². The van der Waals surface area contributed by atoms with E-state index < -0.39 is 5.60 Å². The van der Waals surface area contributed by atoms with Crippen molar-refractivity contribution in [3.63, 3.8) is 0 Å². The summed E-state index contributed by atoms with van der Waals surface area (Å²) in [6.45, 7) is 6.42. The second-order valence-corrected chi connectivity index (χ2v) is 4.75. The van der Waals surface area contributed by atoms with Crippen LogP contribution in [0, 0.1) is 0 Å². The highest BCUT2D eigenvalue weighted by Gasteiger charge is 2.27. The van der Waals surface area contributed by atoms with Gasteiger partial charge in [-0.3, -0.25) is 0 Å². The van der Waals surface area contributed by atoms with Crippen LogP contribution in [0.2, 0.25) is 0 Å². The molecule has 94 valence electrons. The van der Waals surface area contributed by atoms with Crippen molar-refractivity contribution >= 4 is 11.8 Å². The maximum atomic E-state index is 9.91. The first kappa shape index (κ1) is 12.1. The second-order valence-electron chi connectivity index (χ2n) is 4.75. The Hall–Kier alpha value is -1.36. The van der Waals surface area contributed by atoms with Crippen LogP contribution in [-0.4, -0.2) is 40.3 Å². The van der Waals surface area contributed by atoms with Crippen molar-refractivity contribution in [2.75, 3.05) is 29.9 Å². The highest BCUT2D eigenvalue weighted by atomic mass is 16.3. The van der Waals surface area contributed by atoms with Gasteiger partial charge in [0.2, 0.25) is 5.95 Å². The van der Waals surface area contributed by atoms with E-state index in [1.807, 2.05) is 19.9 Å². The molecule has 5 nitrogen and oxygen atoms in total. The average molecular weight is 236 g/mol. The number of piperidine rings is 1. The molecule has 0 radical (unpaired) electrons. The third-order valence-corrected chi connectivity index (χ3v) is 3.14. The van der Waals surface area contributed by atoms with Crippen molar-refractivity contribution < 1.29 is 5.11 Å². The molecule has 0 spiro atoms. The van der Waals surface area contributed by atoms with Gasteiger partial charge in [0.1, 0.15) is 5.82 Å². The average Bonchev–Trinajstić information content (AvgIpc) is 2.30. The number of aromatic nitrogens is 2. The molecule has 0 aliphatic carbocycles. The zero-order valence-corrected chi connectivity index (χ0v) is 10.5. The number of nitrogens with one attached hydrogen (secondary N) is 1. The topological polar surface area (TPSA) is 61.3 Å². The molecule has 0 atom stereocenters. The highest BCUT2D eigenvalue weighted by molar-refractivity contribution is 5.42. The molecule has 2 N–H and O–H groups in total. The number of anilines is 2. The minimum atomic E-state index is -0.520. The Morgan fingerprint density at radius 2 is 2.18 bits per heavy atom. The molecule has 1 fully saturated rings. The first-order valence-electron chi connectivity index (χ1n) is 6.15. The summed E-state index contributed by atoms with van der Waals surface area (Å²) in [5.74, 6) is 1.61. The molecule has 17 heavy (non-hydrogen) atoms. The van der Waals surface area contributed by atoms with Crippen LogP contribution in [0.25, 0.3) is 0 Å². The normalized spacial score (nSPS) is 19.1. The predicted molar refractivity (Wildman–Crippen MR) is 68.3 cm³/mol. The first-order valence-corrected chi connectivity index (χ1v) is 6.15. The van der Waals surface area contributed by atoms with Crippen LogP contribution >= 0.6 is 0 Å². The van der Waals surface area contributed by atoms with Gasteiger partial charge in [-0.25, -0.2) is 4.98 Å². The van der Waals surface area contributed by atoms with Gasteiger partial charge < -0.3 is 15.3 Å². The fraction of sp³-hybridized carbons (Fsp3) is 0.667. The monoisotopic (exact) mass is 236 g/mol. The van der Waals surface area contributed by atoms with Crippen LogP contribution in [0.1, 0.15) is 26.7 Å². The summed E-state index contributed by atoms with van der Waals surface area (Å²) in [4.78, 5) is 10.8. The summed E-state index contributed by atoms with van der Waals surface area (Å²) in [7, 11) is 0. The summed E-state index contributed by atoms with van der Waals surface area (Å²) >= 11 is 0. The third kappa shape index (κ3) is 3.06. The molecule has 1 aromatic heterocycles. The van der Waals surface area contributed by atoms with Gasteiger partial charge in [0, 0.05) is 25.8 Å². The maximum absolute atomic E-state index is 9.91. The summed E-state index contributed by atoms with van der Waals surface area (Å²) < 4.78 is 0. The van der Waals surface area contributed by atoms with Gasteiger partial charge >= 0.3 is 0 Å². The van der Waals surface area contributed by atoms with Gasteiger partial charge in [-0.15, -0.1) is 0 Å². The Morgan fingerprint density at radius 3 is 2.82 bits per heavy atom. The van der Waals surface area contributed by atoms with E-state index in [1.54, 1.807) is 6.20 Å². The molecule has 1 aliphatic rings. The Labute approximate surface area is 102 Å².